The summed E-state index contributed by atoms with van der Waals surface area (Å²) in [4.78, 5) is 22.8. The van der Waals surface area contributed by atoms with Gasteiger partial charge in [0, 0.05) is 48.1 Å². The highest BCUT2D eigenvalue weighted by molar-refractivity contribution is 6.05. The van der Waals surface area contributed by atoms with Crippen LogP contribution < -0.4 is 0 Å². The van der Waals surface area contributed by atoms with Crippen LogP contribution in [0, 0.1) is 10.8 Å². The van der Waals surface area contributed by atoms with Gasteiger partial charge in [0.15, 0.2) is 0 Å². The zero-order valence-corrected chi connectivity index (χ0v) is 19.1. The van der Waals surface area contributed by atoms with E-state index in [4.69, 9.17) is 4.74 Å². The van der Waals surface area contributed by atoms with E-state index in [-0.39, 0.29) is 12.5 Å². The second kappa shape index (κ2) is 8.42. The van der Waals surface area contributed by atoms with E-state index in [0.29, 0.717) is 25.1 Å². The molecule has 0 bridgehead atoms. The molecule has 2 aliphatic heterocycles. The topological polar surface area (TPSA) is 79.7 Å². The van der Waals surface area contributed by atoms with Gasteiger partial charge in [0.05, 0.1) is 29.0 Å². The smallest absolute Gasteiger partial charge is 0.305 e. The van der Waals surface area contributed by atoms with Crippen molar-refractivity contribution in [2.75, 3.05) is 13.2 Å². The number of aliphatic hydroxyl groups is 1. The lowest BCUT2D eigenvalue weighted by Crippen LogP contribution is -2.43. The highest BCUT2D eigenvalue weighted by Crippen LogP contribution is 2.37. The van der Waals surface area contributed by atoms with Gasteiger partial charge in [-0.1, -0.05) is 24.3 Å². The number of benzene rings is 2. The molecular formula is C27H27N4O3+. The third-order valence-corrected chi connectivity index (χ3v) is 7.22. The molecule has 2 aromatic heterocycles. The van der Waals surface area contributed by atoms with E-state index >= 15 is 0 Å². The summed E-state index contributed by atoms with van der Waals surface area (Å²) >= 11 is 0. The molecule has 0 saturated carbocycles. The summed E-state index contributed by atoms with van der Waals surface area (Å²) in [6.07, 6.45) is 5.71. The van der Waals surface area contributed by atoms with E-state index < -0.39 is 12.3 Å². The third-order valence-electron chi connectivity index (χ3n) is 7.22. The van der Waals surface area contributed by atoms with Crippen LogP contribution in [0.3, 0.4) is 0 Å². The quantitative estimate of drug-likeness (QED) is 0.464. The molecule has 1 saturated heterocycles. The van der Waals surface area contributed by atoms with Crippen molar-refractivity contribution in [1.29, 1.82) is 0 Å². The molecule has 3 atom stereocenters. The summed E-state index contributed by atoms with van der Waals surface area (Å²) in [6.45, 7) is 3.76. The summed E-state index contributed by atoms with van der Waals surface area (Å²) < 4.78 is 8.51. The van der Waals surface area contributed by atoms with Gasteiger partial charge < -0.3 is 14.4 Å². The number of aromatic nitrogens is 2. The van der Waals surface area contributed by atoms with Crippen LogP contribution in [0.5, 0.6) is 0 Å². The Morgan fingerprint density at radius 2 is 2.00 bits per heavy atom. The predicted molar refractivity (Wildman–Crippen MR) is 132 cm³/mol. The number of hydrogen-bond donors (Lipinski definition) is 1. The number of aliphatic imine (C=N–C) groups is 1. The fourth-order valence-electron chi connectivity index (χ4n) is 5.41. The Balaban J connectivity index is 1.46. The molecule has 1 fully saturated rings. The number of nitroso groups, excluding NO2 is 1. The highest BCUT2D eigenvalue weighted by Gasteiger charge is 2.44. The molecule has 2 aliphatic rings. The van der Waals surface area contributed by atoms with Gasteiger partial charge >= 0.3 is 6.17 Å². The van der Waals surface area contributed by atoms with Crippen molar-refractivity contribution in [1.82, 2.24) is 9.55 Å². The molecule has 2 aromatic carbocycles. The minimum Gasteiger partial charge on any atom is -0.390 e. The lowest BCUT2D eigenvalue weighted by atomic mass is 9.90. The number of aliphatic hydroxyl groups excluding tert-OH is 1. The maximum absolute atomic E-state index is 13.6. The lowest BCUT2D eigenvalue weighted by Gasteiger charge is -2.28. The number of pyridine rings is 1. The molecule has 0 radical (unpaired) electrons. The first-order valence-corrected chi connectivity index (χ1v) is 11.9. The third kappa shape index (κ3) is 3.35. The Kier molecular flexibility index (Phi) is 5.23. The minimum absolute atomic E-state index is 0.246. The average molecular weight is 456 g/mol. The van der Waals surface area contributed by atoms with Gasteiger partial charge in [0.1, 0.15) is 5.65 Å². The first-order valence-electron chi connectivity index (χ1n) is 11.9. The van der Waals surface area contributed by atoms with Gasteiger partial charge in [-0.05, 0) is 53.8 Å². The van der Waals surface area contributed by atoms with Crippen molar-refractivity contribution < 1.29 is 14.6 Å². The van der Waals surface area contributed by atoms with E-state index in [1.807, 2.05) is 30.6 Å². The normalized spacial score (nSPS) is 22.4. The second-order valence-corrected chi connectivity index (χ2v) is 9.11. The van der Waals surface area contributed by atoms with Gasteiger partial charge in [-0.15, -0.1) is 0 Å². The summed E-state index contributed by atoms with van der Waals surface area (Å²) in [5.74, 6) is -0.251. The number of nitrogens with zero attached hydrogens (tertiary/aromatic N) is 4. The molecule has 0 aliphatic carbocycles. The van der Waals surface area contributed by atoms with E-state index in [0.717, 1.165) is 44.2 Å². The Hall–Kier alpha value is -3.42. The molecule has 0 spiro atoms. The maximum Gasteiger partial charge on any atom is 0.305 e. The van der Waals surface area contributed by atoms with Crippen molar-refractivity contribution in [3.8, 4) is 0 Å². The Bertz CT molecular complexity index is 1440. The van der Waals surface area contributed by atoms with Crippen molar-refractivity contribution in [2.24, 2.45) is 10.9 Å². The lowest BCUT2D eigenvalue weighted by molar-refractivity contribution is -0.520. The molecule has 1 unspecified atom stereocenters. The number of aryl methyl sites for hydroxylation is 1. The Morgan fingerprint density at radius 1 is 1.15 bits per heavy atom. The summed E-state index contributed by atoms with van der Waals surface area (Å²) in [5.41, 5.74) is 4.70. The van der Waals surface area contributed by atoms with Gasteiger partial charge in [0.25, 0.3) is 5.69 Å². The first kappa shape index (κ1) is 21.1. The fraction of sp³-hybridized carbons (Fsp3) is 0.333. The highest BCUT2D eigenvalue weighted by atomic mass is 16.5. The number of ether oxygens (including phenoxy) is 1. The summed E-state index contributed by atoms with van der Waals surface area (Å²) in [6, 6.07) is 14.4. The predicted octanol–water partition coefficient (Wildman–Crippen LogP) is 4.37. The van der Waals surface area contributed by atoms with Crippen LogP contribution in [0.4, 0.5) is 5.69 Å². The van der Waals surface area contributed by atoms with Gasteiger partial charge in [-0.3, -0.25) is 0 Å². The van der Waals surface area contributed by atoms with Crippen LogP contribution in [0.1, 0.15) is 30.0 Å². The molecule has 4 aromatic rings. The number of fused-ring (bicyclic) bond motifs is 4. The van der Waals surface area contributed by atoms with Gasteiger partial charge in [-0.2, -0.15) is 0 Å². The second-order valence-electron chi connectivity index (χ2n) is 9.11. The van der Waals surface area contributed by atoms with Crippen molar-refractivity contribution in [2.45, 2.75) is 38.6 Å². The van der Waals surface area contributed by atoms with Crippen molar-refractivity contribution in [3.63, 3.8) is 0 Å². The standard InChI is InChI=1S/C27H27N4O3/c1-2-30-11-8-20-17(7-10-28-26(20)30)13-18-14-24-23(21-6-4-3-5-19(18)21)15-29-27(31(24)33)22-9-12-34-16-25(22)32/h3-8,10-11,14-15,22,25,27,32H,2,9,12-13,16H2,1H3/q+1/t22-,25+,27?/m1/s1. The van der Waals surface area contributed by atoms with Crippen LogP contribution >= 0.6 is 0 Å². The zero-order chi connectivity index (χ0) is 23.2. The molecule has 7 heteroatoms. The number of hydrogen-bond acceptors (Lipinski definition) is 5. The monoisotopic (exact) mass is 455 g/mol. The average Bonchev–Trinajstić information content (AvgIpc) is 3.30. The van der Waals surface area contributed by atoms with Crippen LogP contribution in [-0.4, -0.2) is 51.1 Å². The molecule has 172 valence electrons. The first-order chi connectivity index (χ1) is 16.7. The van der Waals surface area contributed by atoms with E-state index in [2.05, 4.69) is 51.9 Å². The maximum atomic E-state index is 13.6. The summed E-state index contributed by atoms with van der Waals surface area (Å²) in [5, 5.41) is 13.7. The molecule has 7 nitrogen and oxygen atoms in total. The summed E-state index contributed by atoms with van der Waals surface area (Å²) in [7, 11) is 0. The van der Waals surface area contributed by atoms with Crippen molar-refractivity contribution in [3.05, 3.63) is 76.5 Å². The molecule has 0 amide bonds. The SMILES string of the molecule is CCn1ccc2c(Cc3cc4c(c5ccccc35)C=NC([C@@H]3CCOC[C@@H]3O)[N+]4=O)ccnc21. The molecular weight excluding hydrogens is 428 g/mol. The van der Waals surface area contributed by atoms with Crippen LogP contribution in [0.15, 0.2) is 59.9 Å². The largest absolute Gasteiger partial charge is 0.390 e. The Morgan fingerprint density at radius 3 is 2.82 bits per heavy atom. The zero-order valence-electron chi connectivity index (χ0n) is 19.1. The van der Waals surface area contributed by atoms with Crippen molar-refractivity contribution >= 4 is 33.7 Å². The van der Waals surface area contributed by atoms with E-state index in [1.54, 1.807) is 0 Å². The fourth-order valence-corrected chi connectivity index (χ4v) is 5.41. The van der Waals surface area contributed by atoms with E-state index in [9.17, 15) is 10.0 Å². The van der Waals surface area contributed by atoms with Crippen LogP contribution in [0.25, 0.3) is 21.8 Å². The minimum atomic E-state index is -0.693. The number of rotatable bonds is 4. The van der Waals surface area contributed by atoms with Crippen LogP contribution in [-0.2, 0) is 17.7 Å². The van der Waals surface area contributed by atoms with Crippen LogP contribution in [0.2, 0.25) is 0 Å². The van der Waals surface area contributed by atoms with E-state index in [1.165, 1.54) is 5.56 Å². The Labute approximate surface area is 197 Å². The molecule has 34 heavy (non-hydrogen) atoms. The van der Waals surface area contributed by atoms with Gasteiger partial charge in [0.2, 0.25) is 0 Å². The molecule has 4 heterocycles. The molecule has 6 rings (SSSR count). The molecule has 1 N–H and O–H groups in total. The van der Waals surface area contributed by atoms with Gasteiger partial charge in [-0.25, -0.2) is 9.98 Å².